The first-order chi connectivity index (χ1) is 13.9. The lowest BCUT2D eigenvalue weighted by atomic mass is 10.2. The molecule has 1 aromatic carbocycles. The van der Waals surface area contributed by atoms with Gasteiger partial charge in [-0.15, -0.1) is 0 Å². The highest BCUT2D eigenvalue weighted by atomic mass is 35.5. The summed E-state index contributed by atoms with van der Waals surface area (Å²) >= 11 is 6.37. The zero-order valence-corrected chi connectivity index (χ0v) is 17.8. The van der Waals surface area contributed by atoms with E-state index in [-0.39, 0.29) is 18.4 Å². The number of carbonyl (C=O) groups is 2. The van der Waals surface area contributed by atoms with Crippen LogP contribution in [0.1, 0.15) is 37.9 Å². The number of aryl methyl sites for hydroxylation is 2. The Balaban J connectivity index is 1.92. The van der Waals surface area contributed by atoms with Gasteiger partial charge in [0.15, 0.2) is 6.61 Å². The van der Waals surface area contributed by atoms with E-state index in [0.717, 1.165) is 30.6 Å². The van der Waals surface area contributed by atoms with Crippen LogP contribution in [0.5, 0.6) is 5.75 Å². The largest absolute Gasteiger partial charge is 0.484 e. The molecule has 1 aromatic heterocycles. The van der Waals surface area contributed by atoms with Crippen molar-refractivity contribution in [1.29, 1.82) is 0 Å². The second-order valence-electron chi connectivity index (χ2n) is 6.46. The molecule has 2 aromatic rings. The molecule has 2 rings (SSSR count). The normalized spacial score (nSPS) is 10.9. The van der Waals surface area contributed by atoms with E-state index in [1.807, 2.05) is 13.8 Å². The minimum absolute atomic E-state index is 0.0473. The van der Waals surface area contributed by atoms with Crippen molar-refractivity contribution in [2.45, 2.75) is 40.2 Å². The third kappa shape index (κ3) is 6.94. The van der Waals surface area contributed by atoms with Gasteiger partial charge in [0, 0.05) is 30.4 Å². The number of hydrogen-bond donors (Lipinski definition) is 2. The second-order valence-corrected chi connectivity index (χ2v) is 6.81. The van der Waals surface area contributed by atoms with E-state index in [0.29, 0.717) is 23.1 Å². The quantitative estimate of drug-likeness (QED) is 0.574. The Morgan fingerprint density at radius 1 is 1.24 bits per heavy atom. The second kappa shape index (κ2) is 11.3. The third-order valence-corrected chi connectivity index (χ3v) is 4.50. The Hall–Kier alpha value is -2.80. The van der Waals surface area contributed by atoms with Crippen LogP contribution in [0.25, 0.3) is 6.08 Å². The van der Waals surface area contributed by atoms with Crippen molar-refractivity contribution in [3.05, 3.63) is 46.8 Å². The number of unbranched alkanes of at least 4 members (excludes halogenated alkanes) is 1. The highest BCUT2D eigenvalue weighted by molar-refractivity contribution is 6.31. The molecule has 0 bridgehead atoms. The summed E-state index contributed by atoms with van der Waals surface area (Å²) in [5.74, 6) is 0.0893. The van der Waals surface area contributed by atoms with Crippen LogP contribution >= 0.6 is 11.6 Å². The van der Waals surface area contributed by atoms with Crippen molar-refractivity contribution < 1.29 is 14.3 Å². The van der Waals surface area contributed by atoms with Gasteiger partial charge in [-0.2, -0.15) is 5.10 Å². The Morgan fingerprint density at radius 3 is 2.62 bits per heavy atom. The molecule has 29 heavy (non-hydrogen) atoms. The van der Waals surface area contributed by atoms with E-state index < -0.39 is 0 Å². The van der Waals surface area contributed by atoms with Gasteiger partial charge in [0.2, 0.25) is 5.91 Å². The monoisotopic (exact) mass is 418 g/mol. The molecule has 0 unspecified atom stereocenters. The first kappa shape index (κ1) is 22.5. The number of amides is 2. The smallest absolute Gasteiger partial charge is 0.257 e. The molecule has 0 spiro atoms. The maximum Gasteiger partial charge on any atom is 0.257 e. The zero-order chi connectivity index (χ0) is 21.2. The van der Waals surface area contributed by atoms with Crippen molar-refractivity contribution in [1.82, 2.24) is 15.1 Å². The van der Waals surface area contributed by atoms with Gasteiger partial charge in [0.1, 0.15) is 10.9 Å². The molecule has 7 nitrogen and oxygen atoms in total. The van der Waals surface area contributed by atoms with E-state index in [9.17, 15) is 9.59 Å². The van der Waals surface area contributed by atoms with E-state index in [4.69, 9.17) is 16.3 Å². The summed E-state index contributed by atoms with van der Waals surface area (Å²) in [6.45, 7) is 7.09. The number of nitrogens with one attached hydrogen (secondary N) is 2. The number of benzene rings is 1. The van der Waals surface area contributed by atoms with Crippen LogP contribution in [0.15, 0.2) is 30.3 Å². The Labute approximate surface area is 176 Å². The summed E-state index contributed by atoms with van der Waals surface area (Å²) in [5.41, 5.74) is 2.14. The molecule has 0 radical (unpaired) electrons. The Bertz CT molecular complexity index is 860. The van der Waals surface area contributed by atoms with Crippen LogP contribution in [-0.2, 0) is 16.1 Å². The minimum atomic E-state index is -0.280. The molecule has 0 aliphatic rings. The van der Waals surface area contributed by atoms with E-state index >= 15 is 0 Å². The van der Waals surface area contributed by atoms with Gasteiger partial charge in [-0.25, -0.2) is 0 Å². The summed E-state index contributed by atoms with van der Waals surface area (Å²) in [6, 6.07) is 6.80. The lowest BCUT2D eigenvalue weighted by Crippen LogP contribution is -2.28. The molecular weight excluding hydrogens is 392 g/mol. The molecule has 8 heteroatoms. The average molecular weight is 419 g/mol. The predicted octanol–water partition coefficient (Wildman–Crippen LogP) is 3.81. The van der Waals surface area contributed by atoms with E-state index in [2.05, 4.69) is 22.7 Å². The molecule has 156 valence electrons. The van der Waals surface area contributed by atoms with Gasteiger partial charge in [0.05, 0.1) is 5.69 Å². The predicted molar refractivity (Wildman–Crippen MR) is 115 cm³/mol. The highest BCUT2D eigenvalue weighted by Gasteiger charge is 2.11. The van der Waals surface area contributed by atoms with Crippen molar-refractivity contribution in [3.63, 3.8) is 0 Å². The standard InChI is InChI=1S/C21H27ClN4O3/c1-4-6-13-26-21(22)18(15(3)25-26)11-12-19(27)24-16-7-9-17(10-8-16)29-14-20(28)23-5-2/h7-12H,4-6,13-14H2,1-3H3,(H,23,28)(H,24,27)/b12-11+. The average Bonchev–Trinajstić information content (AvgIpc) is 2.97. The molecule has 0 aliphatic heterocycles. The first-order valence-electron chi connectivity index (χ1n) is 9.66. The topological polar surface area (TPSA) is 85.2 Å². The number of rotatable bonds is 10. The number of likely N-dealkylation sites (N-methyl/N-ethyl adjacent to an activating group) is 1. The van der Waals surface area contributed by atoms with E-state index in [1.54, 1.807) is 35.0 Å². The van der Waals surface area contributed by atoms with Crippen LogP contribution in [0.2, 0.25) is 5.15 Å². The van der Waals surface area contributed by atoms with Gasteiger partial charge in [-0.1, -0.05) is 24.9 Å². The fourth-order valence-electron chi connectivity index (χ4n) is 2.59. The number of halogens is 1. The molecule has 0 atom stereocenters. The summed E-state index contributed by atoms with van der Waals surface area (Å²) in [5, 5.41) is 10.4. The number of carbonyl (C=O) groups excluding carboxylic acids is 2. The van der Waals surface area contributed by atoms with Crippen LogP contribution in [0, 0.1) is 6.92 Å². The third-order valence-electron chi connectivity index (χ3n) is 4.10. The van der Waals surface area contributed by atoms with Crippen molar-refractivity contribution in [2.24, 2.45) is 0 Å². The lowest BCUT2D eigenvalue weighted by molar-refractivity contribution is -0.123. The van der Waals surface area contributed by atoms with Gasteiger partial charge < -0.3 is 15.4 Å². The van der Waals surface area contributed by atoms with Gasteiger partial charge in [0.25, 0.3) is 5.91 Å². The lowest BCUT2D eigenvalue weighted by Gasteiger charge is -2.07. The maximum atomic E-state index is 12.2. The Kier molecular flexibility index (Phi) is 8.73. The van der Waals surface area contributed by atoms with Gasteiger partial charge in [-0.05, 0) is 50.6 Å². The summed E-state index contributed by atoms with van der Waals surface area (Å²) in [7, 11) is 0. The van der Waals surface area contributed by atoms with Crippen molar-refractivity contribution in [3.8, 4) is 5.75 Å². The van der Waals surface area contributed by atoms with Gasteiger partial charge >= 0.3 is 0 Å². The maximum absolute atomic E-state index is 12.2. The summed E-state index contributed by atoms with van der Waals surface area (Å²) < 4.78 is 7.14. The van der Waals surface area contributed by atoms with Crippen molar-refractivity contribution in [2.75, 3.05) is 18.5 Å². The number of anilines is 1. The number of nitrogens with zero attached hydrogens (tertiary/aromatic N) is 2. The fourth-order valence-corrected chi connectivity index (χ4v) is 2.91. The molecule has 0 saturated heterocycles. The molecule has 1 heterocycles. The van der Waals surface area contributed by atoms with E-state index in [1.165, 1.54) is 6.08 Å². The molecule has 2 N–H and O–H groups in total. The van der Waals surface area contributed by atoms with Crippen LogP contribution in [0.3, 0.4) is 0 Å². The molecule has 2 amide bonds. The van der Waals surface area contributed by atoms with Gasteiger partial charge in [-0.3, -0.25) is 14.3 Å². The highest BCUT2D eigenvalue weighted by Crippen LogP contribution is 2.22. The summed E-state index contributed by atoms with van der Waals surface area (Å²) in [6.07, 6.45) is 5.15. The fraction of sp³-hybridized carbons (Fsp3) is 0.381. The van der Waals surface area contributed by atoms with Crippen LogP contribution < -0.4 is 15.4 Å². The number of ether oxygens (including phenoxy) is 1. The zero-order valence-electron chi connectivity index (χ0n) is 17.0. The SMILES string of the molecule is CCCCn1nc(C)c(/C=C/C(=O)Nc2ccc(OCC(=O)NCC)cc2)c1Cl. The minimum Gasteiger partial charge on any atom is -0.484 e. The van der Waals surface area contributed by atoms with Crippen LogP contribution in [0.4, 0.5) is 5.69 Å². The summed E-state index contributed by atoms with van der Waals surface area (Å²) in [4.78, 5) is 23.6. The number of hydrogen-bond acceptors (Lipinski definition) is 4. The molecule has 0 fully saturated rings. The number of aromatic nitrogens is 2. The molecule has 0 saturated carbocycles. The molecule has 0 aliphatic carbocycles. The van der Waals surface area contributed by atoms with Crippen molar-refractivity contribution >= 4 is 35.2 Å². The molecular formula is C21H27ClN4O3. The Morgan fingerprint density at radius 2 is 1.97 bits per heavy atom. The first-order valence-corrected chi connectivity index (χ1v) is 10.0. The van der Waals surface area contributed by atoms with Crippen LogP contribution in [-0.4, -0.2) is 34.7 Å².